The quantitative estimate of drug-likeness (QED) is 0.645. The molecule has 0 aliphatic rings. The van der Waals surface area contributed by atoms with Gasteiger partial charge in [-0.3, -0.25) is 0 Å². The molecule has 0 N–H and O–H groups in total. The number of aromatic nitrogens is 3. The molecular formula is C20H18N4. The van der Waals surface area contributed by atoms with Crippen molar-refractivity contribution >= 4 is 11.7 Å². The normalized spacial score (nSPS) is 11.8. The molecule has 0 unspecified atom stereocenters. The number of allylic oxidation sites excluding steroid dienone is 2. The smallest absolute Gasteiger partial charge is 0.216 e. The van der Waals surface area contributed by atoms with Crippen molar-refractivity contribution < 1.29 is 0 Å². The summed E-state index contributed by atoms with van der Waals surface area (Å²) in [5.74, 6) is 1.66. The van der Waals surface area contributed by atoms with Crippen molar-refractivity contribution in [2.24, 2.45) is 4.99 Å². The molecule has 0 fully saturated rings. The zero-order valence-electron chi connectivity index (χ0n) is 13.7. The van der Waals surface area contributed by atoms with E-state index in [9.17, 15) is 0 Å². The van der Waals surface area contributed by atoms with Gasteiger partial charge in [0.25, 0.3) is 5.95 Å². The zero-order chi connectivity index (χ0) is 16.8. The number of benzene rings is 2. The van der Waals surface area contributed by atoms with Crippen LogP contribution in [-0.2, 0) is 0 Å². The van der Waals surface area contributed by atoms with Crippen LogP contribution in [0.4, 0.5) is 5.95 Å². The summed E-state index contributed by atoms with van der Waals surface area (Å²) in [6, 6.07) is 19.7. The van der Waals surface area contributed by atoms with E-state index in [0.717, 1.165) is 16.8 Å². The lowest BCUT2D eigenvalue weighted by molar-refractivity contribution is 1.05. The number of hydrogen-bond donors (Lipinski definition) is 0. The van der Waals surface area contributed by atoms with Gasteiger partial charge >= 0.3 is 0 Å². The first-order valence-electron chi connectivity index (χ1n) is 7.81. The fraction of sp³-hybridized carbons (Fsp3) is 0.100. The maximum Gasteiger partial charge on any atom is 0.253 e. The number of rotatable bonds is 4. The second kappa shape index (κ2) is 7.42. The lowest BCUT2D eigenvalue weighted by Gasteiger charge is -2.05. The maximum atomic E-state index is 4.62. The largest absolute Gasteiger partial charge is 0.253 e. The molecule has 3 aromatic rings. The second-order valence-corrected chi connectivity index (χ2v) is 5.27. The molecule has 0 saturated carbocycles. The molecule has 118 valence electrons. The Morgan fingerprint density at radius 2 is 1.29 bits per heavy atom. The minimum atomic E-state index is 0.415. The molecule has 0 spiro atoms. The minimum absolute atomic E-state index is 0.415. The maximum absolute atomic E-state index is 4.62. The van der Waals surface area contributed by atoms with Gasteiger partial charge in [0.05, 0.1) is 0 Å². The first-order valence-corrected chi connectivity index (χ1v) is 7.81. The molecule has 0 aliphatic heterocycles. The van der Waals surface area contributed by atoms with Crippen LogP contribution in [0.25, 0.3) is 22.8 Å². The van der Waals surface area contributed by atoms with Gasteiger partial charge in [-0.25, -0.2) is 9.98 Å². The predicted molar refractivity (Wildman–Crippen MR) is 98.3 cm³/mol. The molecule has 1 aromatic heterocycles. The molecule has 0 radical (unpaired) electrons. The van der Waals surface area contributed by atoms with E-state index in [1.165, 1.54) is 0 Å². The highest BCUT2D eigenvalue weighted by Gasteiger charge is 2.09. The third-order valence-corrected chi connectivity index (χ3v) is 3.37. The molecule has 0 saturated heterocycles. The first kappa shape index (κ1) is 15.7. The van der Waals surface area contributed by atoms with E-state index in [1.54, 1.807) is 0 Å². The summed E-state index contributed by atoms with van der Waals surface area (Å²) in [6.07, 6.45) is 3.87. The average molecular weight is 314 g/mol. The Morgan fingerprint density at radius 3 is 1.75 bits per heavy atom. The Hall–Kier alpha value is -3.14. The fourth-order valence-electron chi connectivity index (χ4n) is 2.28. The molecule has 0 atom stereocenters. The van der Waals surface area contributed by atoms with E-state index in [-0.39, 0.29) is 0 Å². The molecule has 0 amide bonds. The summed E-state index contributed by atoms with van der Waals surface area (Å²) in [5.41, 5.74) is 2.73. The van der Waals surface area contributed by atoms with Crippen molar-refractivity contribution in [2.75, 3.05) is 0 Å². The van der Waals surface area contributed by atoms with E-state index in [0.29, 0.717) is 17.6 Å². The van der Waals surface area contributed by atoms with Crippen molar-refractivity contribution in [1.82, 2.24) is 15.0 Å². The highest BCUT2D eigenvalue weighted by molar-refractivity contribution is 5.94. The third kappa shape index (κ3) is 3.79. The van der Waals surface area contributed by atoms with Crippen LogP contribution >= 0.6 is 0 Å². The van der Waals surface area contributed by atoms with Crippen molar-refractivity contribution in [3.8, 4) is 22.8 Å². The van der Waals surface area contributed by atoms with Gasteiger partial charge in [0.1, 0.15) is 0 Å². The molecule has 4 heteroatoms. The third-order valence-electron chi connectivity index (χ3n) is 3.37. The standard InChI is InChI=1S/C20H18N4/c1-3-10-15(2)21-20-23-18(16-11-6-4-7-12-16)22-19(24-20)17-13-8-5-9-14-17/h3-14H,1-2H3/b10-3-,21-15?. The summed E-state index contributed by atoms with van der Waals surface area (Å²) in [6.45, 7) is 3.88. The Kier molecular flexibility index (Phi) is 4.87. The van der Waals surface area contributed by atoms with Crippen LogP contribution in [0.2, 0.25) is 0 Å². The first-order chi connectivity index (χ1) is 11.8. The summed E-state index contributed by atoms with van der Waals surface area (Å²) >= 11 is 0. The Bertz CT molecular complexity index is 811. The highest BCUT2D eigenvalue weighted by atomic mass is 15.1. The summed E-state index contributed by atoms with van der Waals surface area (Å²) in [7, 11) is 0. The number of nitrogens with zero attached hydrogens (tertiary/aromatic N) is 4. The van der Waals surface area contributed by atoms with Gasteiger partial charge < -0.3 is 0 Å². The van der Waals surface area contributed by atoms with Gasteiger partial charge in [-0.1, -0.05) is 66.7 Å². The van der Waals surface area contributed by atoms with Gasteiger partial charge in [-0.05, 0) is 19.9 Å². The summed E-state index contributed by atoms with van der Waals surface area (Å²) < 4.78 is 0. The van der Waals surface area contributed by atoms with Gasteiger partial charge in [-0.15, -0.1) is 0 Å². The topological polar surface area (TPSA) is 51.0 Å². The van der Waals surface area contributed by atoms with Gasteiger partial charge in [0.2, 0.25) is 0 Å². The Balaban J connectivity index is 2.14. The minimum Gasteiger partial charge on any atom is -0.216 e. The van der Waals surface area contributed by atoms with Crippen molar-refractivity contribution in [2.45, 2.75) is 13.8 Å². The molecule has 4 nitrogen and oxygen atoms in total. The van der Waals surface area contributed by atoms with E-state index in [2.05, 4.69) is 19.9 Å². The molecule has 0 bridgehead atoms. The molecule has 1 heterocycles. The van der Waals surface area contributed by atoms with Gasteiger partial charge in [0.15, 0.2) is 11.6 Å². The van der Waals surface area contributed by atoms with Crippen LogP contribution in [-0.4, -0.2) is 20.7 Å². The van der Waals surface area contributed by atoms with Crippen LogP contribution in [0.3, 0.4) is 0 Å². The van der Waals surface area contributed by atoms with E-state index >= 15 is 0 Å². The van der Waals surface area contributed by atoms with E-state index in [1.807, 2.05) is 86.7 Å². The molecule has 0 aliphatic carbocycles. The van der Waals surface area contributed by atoms with Crippen LogP contribution < -0.4 is 0 Å². The van der Waals surface area contributed by atoms with Crippen molar-refractivity contribution in [1.29, 1.82) is 0 Å². The molecule has 2 aromatic carbocycles. The second-order valence-electron chi connectivity index (χ2n) is 5.27. The number of aliphatic imine (C=N–C) groups is 1. The summed E-state index contributed by atoms with van der Waals surface area (Å²) in [5, 5.41) is 0. The van der Waals surface area contributed by atoms with Gasteiger partial charge in [0, 0.05) is 16.8 Å². The zero-order valence-corrected chi connectivity index (χ0v) is 13.7. The van der Waals surface area contributed by atoms with E-state index in [4.69, 9.17) is 0 Å². The summed E-state index contributed by atoms with van der Waals surface area (Å²) in [4.78, 5) is 18.1. The fourth-order valence-corrected chi connectivity index (χ4v) is 2.28. The Labute approximate surface area is 141 Å². The van der Waals surface area contributed by atoms with Crippen LogP contribution in [0.5, 0.6) is 0 Å². The lowest BCUT2D eigenvalue weighted by atomic mass is 10.2. The van der Waals surface area contributed by atoms with Gasteiger partial charge in [-0.2, -0.15) is 9.97 Å². The van der Waals surface area contributed by atoms with Crippen molar-refractivity contribution in [3.63, 3.8) is 0 Å². The van der Waals surface area contributed by atoms with Crippen LogP contribution in [0, 0.1) is 0 Å². The van der Waals surface area contributed by atoms with E-state index < -0.39 is 0 Å². The molecule has 3 rings (SSSR count). The monoisotopic (exact) mass is 314 g/mol. The Morgan fingerprint density at radius 1 is 0.792 bits per heavy atom. The predicted octanol–water partition coefficient (Wildman–Crippen LogP) is 4.87. The SMILES string of the molecule is C/C=C\C(C)=Nc1nc(-c2ccccc2)nc(-c2ccccc2)n1. The molecule has 24 heavy (non-hydrogen) atoms. The van der Waals surface area contributed by atoms with Crippen LogP contribution in [0.15, 0.2) is 77.8 Å². The highest BCUT2D eigenvalue weighted by Crippen LogP contribution is 2.22. The average Bonchev–Trinajstić information content (AvgIpc) is 2.63. The molecular weight excluding hydrogens is 296 g/mol. The number of hydrogen-bond acceptors (Lipinski definition) is 4. The van der Waals surface area contributed by atoms with Crippen molar-refractivity contribution in [3.05, 3.63) is 72.8 Å². The van der Waals surface area contributed by atoms with Crippen LogP contribution in [0.1, 0.15) is 13.8 Å². The lowest BCUT2D eigenvalue weighted by Crippen LogP contribution is -1.97.